The Bertz CT molecular complexity index is 511. The monoisotopic (exact) mass is 311 g/mol. The third-order valence-corrected chi connectivity index (χ3v) is 4.26. The molecule has 4 nitrogen and oxygen atoms in total. The molecule has 1 aromatic rings. The van der Waals surface area contributed by atoms with E-state index in [-0.39, 0.29) is 24.2 Å². The van der Waals surface area contributed by atoms with Crippen LogP contribution in [0.4, 0.5) is 5.69 Å². The maximum absolute atomic E-state index is 12.5. The van der Waals surface area contributed by atoms with Crippen molar-refractivity contribution in [2.45, 2.75) is 45.9 Å². The molecular formula is C16H24ClN2O2+. The summed E-state index contributed by atoms with van der Waals surface area (Å²) in [6.45, 7) is 9.75. The maximum Gasteiger partial charge on any atom is 0.282 e. The first-order valence-electron chi connectivity index (χ1n) is 7.44. The van der Waals surface area contributed by atoms with E-state index in [9.17, 15) is 4.79 Å². The first-order valence-corrected chi connectivity index (χ1v) is 7.81. The molecular weight excluding hydrogens is 288 g/mol. The van der Waals surface area contributed by atoms with Crippen LogP contribution in [0.5, 0.6) is 0 Å². The van der Waals surface area contributed by atoms with Crippen molar-refractivity contribution in [1.82, 2.24) is 0 Å². The van der Waals surface area contributed by atoms with Crippen LogP contribution in [0.2, 0.25) is 5.02 Å². The van der Waals surface area contributed by atoms with Gasteiger partial charge in [-0.1, -0.05) is 17.7 Å². The summed E-state index contributed by atoms with van der Waals surface area (Å²) in [6.07, 6.45) is 0.374. The van der Waals surface area contributed by atoms with Gasteiger partial charge in [-0.2, -0.15) is 0 Å². The van der Waals surface area contributed by atoms with Gasteiger partial charge in [0.1, 0.15) is 25.3 Å². The number of anilines is 1. The largest absolute Gasteiger partial charge is 0.364 e. The molecule has 1 aliphatic heterocycles. The number of morpholine rings is 1. The molecule has 0 spiro atoms. The zero-order valence-electron chi connectivity index (χ0n) is 13.1. The number of aryl methyl sites for hydroxylation is 1. The molecule has 1 fully saturated rings. The summed E-state index contributed by atoms with van der Waals surface area (Å²) in [6, 6.07) is 5.42. The van der Waals surface area contributed by atoms with Gasteiger partial charge in [0.15, 0.2) is 6.04 Å². The summed E-state index contributed by atoms with van der Waals surface area (Å²) in [7, 11) is 0. The van der Waals surface area contributed by atoms with Gasteiger partial charge < -0.3 is 15.0 Å². The van der Waals surface area contributed by atoms with Gasteiger partial charge in [0.2, 0.25) is 0 Å². The Morgan fingerprint density at radius 2 is 2.00 bits per heavy atom. The number of hydrogen-bond acceptors (Lipinski definition) is 2. The van der Waals surface area contributed by atoms with Crippen LogP contribution in [-0.2, 0) is 9.53 Å². The molecule has 1 aliphatic rings. The van der Waals surface area contributed by atoms with Gasteiger partial charge >= 0.3 is 0 Å². The molecule has 0 bridgehead atoms. The van der Waals surface area contributed by atoms with Crippen molar-refractivity contribution in [3.05, 3.63) is 28.8 Å². The SMILES string of the molecule is Cc1ccc(Cl)cc1NC(=O)[C@@H](C)[NH+]1C[C@@H](C)O[C@H](C)C1. The highest BCUT2D eigenvalue weighted by Crippen LogP contribution is 2.20. The highest BCUT2D eigenvalue weighted by molar-refractivity contribution is 6.31. The van der Waals surface area contributed by atoms with E-state index in [1.165, 1.54) is 4.90 Å². The number of halogens is 1. The third-order valence-electron chi connectivity index (χ3n) is 4.03. The van der Waals surface area contributed by atoms with Gasteiger partial charge in [-0.3, -0.25) is 4.79 Å². The summed E-state index contributed by atoms with van der Waals surface area (Å²) in [5.74, 6) is 0.0247. The number of quaternary nitrogens is 1. The average molecular weight is 312 g/mol. The Labute approximate surface area is 131 Å². The van der Waals surface area contributed by atoms with E-state index in [0.717, 1.165) is 24.3 Å². The predicted molar refractivity (Wildman–Crippen MR) is 85.0 cm³/mol. The molecule has 1 aromatic carbocycles. The van der Waals surface area contributed by atoms with E-state index < -0.39 is 0 Å². The van der Waals surface area contributed by atoms with E-state index in [1.807, 2.05) is 26.0 Å². The lowest BCUT2D eigenvalue weighted by Crippen LogP contribution is -3.19. The van der Waals surface area contributed by atoms with Crippen molar-refractivity contribution in [1.29, 1.82) is 0 Å². The molecule has 5 heteroatoms. The summed E-state index contributed by atoms with van der Waals surface area (Å²) >= 11 is 5.99. The van der Waals surface area contributed by atoms with E-state index in [0.29, 0.717) is 5.02 Å². The molecule has 21 heavy (non-hydrogen) atoms. The standard InChI is InChI=1S/C16H23ClN2O2/c1-10-5-6-14(17)7-15(10)18-16(20)13(4)19-8-11(2)21-12(3)9-19/h5-7,11-13H,8-9H2,1-4H3,(H,18,20)/p+1/t11-,12-,13-/m1/s1. The van der Waals surface area contributed by atoms with Gasteiger partial charge in [0.25, 0.3) is 5.91 Å². The molecule has 2 rings (SSSR count). The van der Waals surface area contributed by atoms with Crippen LogP contribution in [0.1, 0.15) is 26.3 Å². The minimum Gasteiger partial charge on any atom is -0.364 e. The number of rotatable bonds is 3. The lowest BCUT2D eigenvalue weighted by atomic mass is 10.1. The van der Waals surface area contributed by atoms with Gasteiger partial charge in [-0.15, -0.1) is 0 Å². The molecule has 1 saturated heterocycles. The van der Waals surface area contributed by atoms with E-state index >= 15 is 0 Å². The van der Waals surface area contributed by atoms with E-state index in [1.54, 1.807) is 6.07 Å². The second-order valence-electron chi connectivity index (χ2n) is 5.99. The fraction of sp³-hybridized carbons (Fsp3) is 0.562. The Balaban J connectivity index is 2.04. The molecule has 3 atom stereocenters. The number of ether oxygens (including phenoxy) is 1. The van der Waals surface area contributed by atoms with Crippen LogP contribution in [-0.4, -0.2) is 37.2 Å². The summed E-state index contributed by atoms with van der Waals surface area (Å²) < 4.78 is 5.73. The maximum atomic E-state index is 12.5. The number of benzene rings is 1. The van der Waals surface area contributed by atoms with Gasteiger partial charge in [-0.05, 0) is 45.4 Å². The van der Waals surface area contributed by atoms with Crippen molar-refractivity contribution < 1.29 is 14.4 Å². The van der Waals surface area contributed by atoms with Crippen molar-refractivity contribution in [2.75, 3.05) is 18.4 Å². The Hall–Kier alpha value is -1.10. The third kappa shape index (κ3) is 4.19. The van der Waals surface area contributed by atoms with Crippen LogP contribution in [0, 0.1) is 6.92 Å². The van der Waals surface area contributed by atoms with Gasteiger partial charge in [0.05, 0.1) is 0 Å². The van der Waals surface area contributed by atoms with E-state index in [4.69, 9.17) is 16.3 Å². The van der Waals surface area contributed by atoms with Crippen molar-refractivity contribution in [3.8, 4) is 0 Å². The zero-order valence-corrected chi connectivity index (χ0v) is 13.8. The average Bonchev–Trinajstić information content (AvgIpc) is 2.41. The topological polar surface area (TPSA) is 42.8 Å². The highest BCUT2D eigenvalue weighted by Gasteiger charge is 2.33. The van der Waals surface area contributed by atoms with Gasteiger partial charge in [-0.25, -0.2) is 0 Å². The second-order valence-corrected chi connectivity index (χ2v) is 6.43. The number of carbonyl (C=O) groups excluding carboxylic acids is 1. The van der Waals surface area contributed by atoms with Crippen molar-refractivity contribution >= 4 is 23.2 Å². The van der Waals surface area contributed by atoms with Crippen LogP contribution < -0.4 is 10.2 Å². The van der Waals surface area contributed by atoms with Crippen molar-refractivity contribution in [3.63, 3.8) is 0 Å². The van der Waals surface area contributed by atoms with Crippen LogP contribution >= 0.6 is 11.6 Å². The normalized spacial score (nSPS) is 27.2. The number of nitrogens with one attached hydrogen (secondary N) is 2. The Morgan fingerprint density at radius 1 is 1.38 bits per heavy atom. The lowest BCUT2D eigenvalue weighted by molar-refractivity contribution is -0.928. The smallest absolute Gasteiger partial charge is 0.282 e. The van der Waals surface area contributed by atoms with Crippen LogP contribution in [0.25, 0.3) is 0 Å². The second kappa shape index (κ2) is 6.77. The molecule has 0 aromatic heterocycles. The minimum atomic E-state index is -0.114. The summed E-state index contributed by atoms with van der Waals surface area (Å²) in [5, 5.41) is 3.62. The van der Waals surface area contributed by atoms with Gasteiger partial charge in [0, 0.05) is 10.7 Å². The molecule has 116 valence electrons. The summed E-state index contributed by atoms with van der Waals surface area (Å²) in [4.78, 5) is 13.7. The molecule has 0 radical (unpaired) electrons. The minimum absolute atomic E-state index is 0.0247. The highest BCUT2D eigenvalue weighted by atomic mass is 35.5. The Kier molecular flexibility index (Phi) is 5.25. The molecule has 0 unspecified atom stereocenters. The fourth-order valence-corrected chi connectivity index (χ4v) is 3.00. The lowest BCUT2D eigenvalue weighted by Gasteiger charge is -2.35. The summed E-state index contributed by atoms with van der Waals surface area (Å²) in [5.41, 5.74) is 1.80. The molecule has 0 saturated carbocycles. The Morgan fingerprint density at radius 3 is 2.62 bits per heavy atom. The van der Waals surface area contributed by atoms with E-state index in [2.05, 4.69) is 19.2 Å². The zero-order chi connectivity index (χ0) is 15.6. The predicted octanol–water partition coefficient (Wildman–Crippen LogP) is 1.67. The van der Waals surface area contributed by atoms with Crippen LogP contribution in [0.3, 0.4) is 0 Å². The first kappa shape index (κ1) is 16.3. The fourth-order valence-electron chi connectivity index (χ4n) is 2.82. The quantitative estimate of drug-likeness (QED) is 0.892. The van der Waals surface area contributed by atoms with Crippen molar-refractivity contribution in [2.24, 2.45) is 0 Å². The number of amides is 1. The number of carbonyl (C=O) groups is 1. The first-order chi connectivity index (χ1) is 9.86. The molecule has 0 aliphatic carbocycles. The molecule has 1 amide bonds. The molecule has 1 heterocycles. The van der Waals surface area contributed by atoms with Crippen LogP contribution in [0.15, 0.2) is 18.2 Å². The number of hydrogen-bond donors (Lipinski definition) is 2. The molecule has 2 N–H and O–H groups in total.